The van der Waals surface area contributed by atoms with Crippen LogP contribution in [0.25, 0.3) is 0 Å². The number of likely N-dealkylation sites (tertiary alicyclic amines) is 1. The highest BCUT2D eigenvalue weighted by Gasteiger charge is 2.38. The first-order valence-electron chi connectivity index (χ1n) is 9.37. The maximum atomic E-state index is 14.5. The predicted octanol–water partition coefficient (Wildman–Crippen LogP) is 3.09. The molecule has 154 valence electrons. The van der Waals surface area contributed by atoms with Gasteiger partial charge >= 0.3 is 0 Å². The van der Waals surface area contributed by atoms with Crippen LogP contribution < -0.4 is 16.0 Å². The van der Waals surface area contributed by atoms with Crippen LogP contribution in [0.1, 0.15) is 10.4 Å². The molecule has 2 aliphatic rings. The average Bonchev–Trinajstić information content (AvgIpc) is 2.67. The highest BCUT2D eigenvalue weighted by Crippen LogP contribution is 2.31. The predicted molar refractivity (Wildman–Crippen MR) is 113 cm³/mol. The summed E-state index contributed by atoms with van der Waals surface area (Å²) < 4.78 is 43.2. The second-order valence-corrected chi connectivity index (χ2v) is 8.51. The Morgan fingerprint density at radius 3 is 2.59 bits per heavy atom. The van der Waals surface area contributed by atoms with Gasteiger partial charge in [0, 0.05) is 48.3 Å². The molecule has 9 heteroatoms. The second kappa shape index (κ2) is 8.49. The lowest BCUT2D eigenvalue weighted by molar-refractivity contribution is 0.0406. The van der Waals surface area contributed by atoms with Crippen LogP contribution in [0.15, 0.2) is 30.3 Å². The van der Waals surface area contributed by atoms with E-state index in [2.05, 4.69) is 16.0 Å². The number of carbonyl (C=O) groups excluding carboxylic acids is 1. The number of rotatable bonds is 4. The molecule has 2 aromatic carbocycles. The van der Waals surface area contributed by atoms with Gasteiger partial charge in [0.25, 0.3) is 5.91 Å². The van der Waals surface area contributed by atoms with Gasteiger partial charge in [0.05, 0.1) is 16.9 Å². The van der Waals surface area contributed by atoms with Gasteiger partial charge in [-0.15, -0.1) is 0 Å². The molecule has 2 saturated heterocycles. The molecule has 0 aromatic heterocycles. The summed E-state index contributed by atoms with van der Waals surface area (Å²) >= 11 is 1.95. The van der Waals surface area contributed by atoms with Crippen LogP contribution in [0.4, 0.5) is 24.5 Å². The summed E-state index contributed by atoms with van der Waals surface area (Å²) in [5.74, 6) is -3.02. The number of benzene rings is 2. The lowest BCUT2D eigenvalue weighted by Crippen LogP contribution is -2.62. The summed E-state index contributed by atoms with van der Waals surface area (Å²) in [5.41, 5.74) is -0.394. The largest absolute Gasteiger partial charge is 0.350 e. The minimum atomic E-state index is -1.20. The molecule has 0 aliphatic carbocycles. The number of nitrogens with zero attached hydrogens (tertiary/aromatic N) is 1. The lowest BCUT2D eigenvalue weighted by Gasteiger charge is -2.45. The van der Waals surface area contributed by atoms with E-state index < -0.39 is 23.4 Å². The van der Waals surface area contributed by atoms with E-state index in [1.54, 1.807) is 11.0 Å². The minimum Gasteiger partial charge on any atom is -0.350 e. The van der Waals surface area contributed by atoms with E-state index in [1.807, 2.05) is 22.6 Å². The van der Waals surface area contributed by atoms with Gasteiger partial charge in [-0.2, -0.15) is 0 Å². The minimum absolute atomic E-state index is 0.0185. The Bertz CT molecular complexity index is 930. The molecule has 1 amide bonds. The first-order valence-corrected chi connectivity index (χ1v) is 10.5. The topological polar surface area (TPSA) is 56.4 Å². The first-order chi connectivity index (χ1) is 13.9. The van der Waals surface area contributed by atoms with Gasteiger partial charge in [-0.05, 0) is 52.9 Å². The molecule has 0 spiro atoms. The number of nitrogens with one attached hydrogen (secondary N) is 3. The van der Waals surface area contributed by atoms with Crippen molar-refractivity contribution in [3.05, 3.63) is 56.9 Å². The zero-order valence-electron chi connectivity index (χ0n) is 15.4. The van der Waals surface area contributed by atoms with E-state index in [-0.39, 0.29) is 23.0 Å². The van der Waals surface area contributed by atoms with Crippen molar-refractivity contribution in [2.24, 2.45) is 5.92 Å². The Balaban J connectivity index is 1.54. The summed E-state index contributed by atoms with van der Waals surface area (Å²) in [6.45, 7) is 3.72. The number of anilines is 2. The molecule has 2 aromatic rings. The molecule has 4 rings (SSSR count). The van der Waals surface area contributed by atoms with Gasteiger partial charge in [0.1, 0.15) is 5.82 Å². The number of piperazine rings is 1. The van der Waals surface area contributed by atoms with Gasteiger partial charge < -0.3 is 20.9 Å². The molecule has 0 saturated carbocycles. The third-order valence-electron chi connectivity index (χ3n) is 5.35. The lowest BCUT2D eigenvalue weighted by atomic mass is 9.89. The Morgan fingerprint density at radius 1 is 1.10 bits per heavy atom. The van der Waals surface area contributed by atoms with Crippen LogP contribution in [0.5, 0.6) is 0 Å². The Morgan fingerprint density at radius 2 is 1.90 bits per heavy atom. The van der Waals surface area contributed by atoms with E-state index in [0.29, 0.717) is 22.6 Å². The smallest absolute Gasteiger partial charge is 0.256 e. The van der Waals surface area contributed by atoms with Crippen LogP contribution in [0.2, 0.25) is 0 Å². The van der Waals surface area contributed by atoms with Gasteiger partial charge in [0.2, 0.25) is 0 Å². The highest BCUT2D eigenvalue weighted by atomic mass is 127. The Kier molecular flexibility index (Phi) is 5.98. The van der Waals surface area contributed by atoms with Crippen LogP contribution in [0.3, 0.4) is 0 Å². The van der Waals surface area contributed by atoms with Gasteiger partial charge in [-0.1, -0.05) is 0 Å². The maximum Gasteiger partial charge on any atom is 0.256 e. The number of hydrogen-bond donors (Lipinski definition) is 3. The van der Waals surface area contributed by atoms with Crippen molar-refractivity contribution in [2.45, 2.75) is 6.04 Å². The van der Waals surface area contributed by atoms with Crippen LogP contribution in [-0.4, -0.2) is 49.6 Å². The van der Waals surface area contributed by atoms with Crippen molar-refractivity contribution in [3.8, 4) is 0 Å². The first kappa shape index (κ1) is 20.4. The third-order valence-corrected chi connectivity index (χ3v) is 6.03. The molecule has 1 atom stereocenters. The molecule has 1 unspecified atom stereocenters. The fourth-order valence-corrected chi connectivity index (χ4v) is 4.14. The number of carbonyl (C=O) groups is 1. The molecule has 2 fully saturated rings. The van der Waals surface area contributed by atoms with E-state index in [9.17, 15) is 18.0 Å². The molecule has 29 heavy (non-hydrogen) atoms. The van der Waals surface area contributed by atoms with Crippen molar-refractivity contribution in [2.75, 3.05) is 38.0 Å². The fraction of sp³-hybridized carbons (Fsp3) is 0.350. The summed E-state index contributed by atoms with van der Waals surface area (Å²) in [6.07, 6.45) is 0. The van der Waals surface area contributed by atoms with Crippen molar-refractivity contribution < 1.29 is 18.0 Å². The van der Waals surface area contributed by atoms with Crippen molar-refractivity contribution in [1.29, 1.82) is 0 Å². The normalized spacial score (nSPS) is 19.7. The molecule has 2 aliphatic heterocycles. The number of hydrogen-bond acceptors (Lipinski definition) is 4. The number of amides is 1. The van der Waals surface area contributed by atoms with E-state index in [1.165, 1.54) is 18.2 Å². The fourth-order valence-electron chi connectivity index (χ4n) is 3.69. The monoisotopic (exact) mass is 516 g/mol. The zero-order chi connectivity index (χ0) is 20.5. The molecule has 2 heterocycles. The summed E-state index contributed by atoms with van der Waals surface area (Å²) in [7, 11) is 0. The molecule has 0 bridgehead atoms. The van der Waals surface area contributed by atoms with Crippen molar-refractivity contribution in [1.82, 2.24) is 15.5 Å². The SMILES string of the molecule is O=C(c1ccc(F)c(F)c1Nc1ccc(I)cc1F)N1CC(C2CNCCN2)C1. The van der Waals surface area contributed by atoms with Crippen molar-refractivity contribution >= 4 is 39.9 Å². The molecule has 5 nitrogen and oxygen atoms in total. The van der Waals surface area contributed by atoms with E-state index in [4.69, 9.17) is 0 Å². The standard InChI is InChI=1S/C20H20F3IN4O/c21-14-3-2-13(19(18(14)23)27-16-4-1-12(24)7-15(16)22)20(29)28-9-11(10-28)17-8-25-5-6-26-17/h1-4,7,11,17,25-27H,5-6,8-10H2. The average molecular weight is 516 g/mol. The number of halogens is 4. The summed E-state index contributed by atoms with van der Waals surface area (Å²) in [6, 6.07) is 6.78. The Hall–Kier alpha value is -1.85. The second-order valence-electron chi connectivity index (χ2n) is 7.27. The maximum absolute atomic E-state index is 14.5. The molecular weight excluding hydrogens is 496 g/mol. The van der Waals surface area contributed by atoms with Gasteiger partial charge in [-0.3, -0.25) is 4.79 Å². The quantitative estimate of drug-likeness (QED) is 0.548. The highest BCUT2D eigenvalue weighted by molar-refractivity contribution is 14.1. The van der Waals surface area contributed by atoms with Crippen LogP contribution in [0, 0.1) is 26.9 Å². The van der Waals surface area contributed by atoms with E-state index >= 15 is 0 Å². The molecule has 3 N–H and O–H groups in total. The Labute approximate surface area is 180 Å². The van der Waals surface area contributed by atoms with Gasteiger partial charge in [-0.25, -0.2) is 13.2 Å². The zero-order valence-corrected chi connectivity index (χ0v) is 17.6. The van der Waals surface area contributed by atoms with Crippen LogP contribution >= 0.6 is 22.6 Å². The molecule has 0 radical (unpaired) electrons. The van der Waals surface area contributed by atoms with Crippen molar-refractivity contribution in [3.63, 3.8) is 0 Å². The van der Waals surface area contributed by atoms with Gasteiger partial charge in [0.15, 0.2) is 11.6 Å². The molecular formula is C20H20F3IN4O. The van der Waals surface area contributed by atoms with Crippen LogP contribution in [-0.2, 0) is 0 Å². The summed E-state index contributed by atoms with van der Waals surface area (Å²) in [5, 5.41) is 9.32. The summed E-state index contributed by atoms with van der Waals surface area (Å²) in [4.78, 5) is 14.5. The van der Waals surface area contributed by atoms with E-state index in [0.717, 1.165) is 25.7 Å². The third kappa shape index (κ3) is 4.22.